The van der Waals surface area contributed by atoms with E-state index in [1.165, 1.54) is 18.3 Å². The highest BCUT2D eigenvalue weighted by molar-refractivity contribution is 6.45. The summed E-state index contributed by atoms with van der Waals surface area (Å²) in [5.74, 6) is -1.56. The van der Waals surface area contributed by atoms with Crippen LogP contribution in [-0.4, -0.2) is 28.6 Å². The molecule has 0 spiro atoms. The van der Waals surface area contributed by atoms with Gasteiger partial charge < -0.3 is 15.2 Å². The van der Waals surface area contributed by atoms with E-state index in [0.717, 1.165) is 0 Å². The number of carbonyl (C=O) groups excluding carboxylic acids is 1. The number of carbonyl (C=O) groups is 2. The third-order valence-electron chi connectivity index (χ3n) is 3.83. The quantitative estimate of drug-likeness (QED) is 0.570. The number of nitrogens with zero attached hydrogens (tertiary/aromatic N) is 1. The van der Waals surface area contributed by atoms with Crippen LogP contribution < -0.4 is 5.32 Å². The Morgan fingerprint density at radius 3 is 2.48 bits per heavy atom. The highest BCUT2D eigenvalue weighted by Gasteiger charge is 2.19. The Hall–Kier alpha value is -2.83. The van der Waals surface area contributed by atoms with Crippen molar-refractivity contribution in [1.82, 2.24) is 4.98 Å². The molecular weight excluding hydrogens is 391 g/mol. The van der Waals surface area contributed by atoms with Gasteiger partial charge in [0.05, 0.1) is 33.4 Å². The number of esters is 1. The Kier molecular flexibility index (Phi) is 5.48. The SMILES string of the molecule is CCOC(=O)c1cnc2c(Cl)c(Cl)ccc2c1Nc1ccc(C(=O)O)cc1. The van der Waals surface area contributed by atoms with Crippen molar-refractivity contribution in [3.8, 4) is 0 Å². The van der Waals surface area contributed by atoms with Crippen molar-refractivity contribution < 1.29 is 19.4 Å². The highest BCUT2D eigenvalue weighted by atomic mass is 35.5. The first-order valence-corrected chi connectivity index (χ1v) is 8.72. The number of nitrogens with one attached hydrogen (secondary N) is 1. The first kappa shape index (κ1) is 18.9. The van der Waals surface area contributed by atoms with Gasteiger partial charge in [0.25, 0.3) is 0 Å². The number of fused-ring (bicyclic) bond motifs is 1. The summed E-state index contributed by atoms with van der Waals surface area (Å²) in [7, 11) is 0. The Balaban J connectivity index is 2.14. The number of aromatic carboxylic acids is 1. The number of hydrogen-bond acceptors (Lipinski definition) is 5. The average molecular weight is 405 g/mol. The molecule has 0 bridgehead atoms. The summed E-state index contributed by atoms with van der Waals surface area (Å²) in [4.78, 5) is 27.6. The Morgan fingerprint density at radius 1 is 1.15 bits per heavy atom. The summed E-state index contributed by atoms with van der Waals surface area (Å²) in [6.07, 6.45) is 1.37. The van der Waals surface area contributed by atoms with E-state index in [9.17, 15) is 9.59 Å². The van der Waals surface area contributed by atoms with Crippen molar-refractivity contribution in [2.75, 3.05) is 11.9 Å². The maximum atomic E-state index is 12.4. The second-order valence-corrected chi connectivity index (χ2v) is 6.32. The fraction of sp³-hybridized carbons (Fsp3) is 0.105. The predicted molar refractivity (Wildman–Crippen MR) is 104 cm³/mol. The van der Waals surface area contributed by atoms with Crippen LogP contribution in [-0.2, 0) is 4.74 Å². The molecule has 0 saturated heterocycles. The van der Waals surface area contributed by atoms with E-state index in [4.69, 9.17) is 33.0 Å². The monoisotopic (exact) mass is 404 g/mol. The van der Waals surface area contributed by atoms with E-state index in [2.05, 4.69) is 10.3 Å². The average Bonchev–Trinajstić information content (AvgIpc) is 2.65. The van der Waals surface area contributed by atoms with Crippen LogP contribution in [0.4, 0.5) is 11.4 Å². The summed E-state index contributed by atoms with van der Waals surface area (Å²) < 4.78 is 5.10. The highest BCUT2D eigenvalue weighted by Crippen LogP contribution is 2.36. The van der Waals surface area contributed by atoms with Crippen LogP contribution >= 0.6 is 23.2 Å². The molecule has 2 N–H and O–H groups in total. The molecule has 0 radical (unpaired) electrons. The molecule has 0 aliphatic carbocycles. The van der Waals surface area contributed by atoms with Gasteiger partial charge in [0.2, 0.25) is 0 Å². The molecule has 0 atom stereocenters. The van der Waals surface area contributed by atoms with Crippen LogP contribution in [0.5, 0.6) is 0 Å². The molecule has 0 unspecified atom stereocenters. The van der Waals surface area contributed by atoms with Crippen LogP contribution in [0.2, 0.25) is 10.0 Å². The molecule has 1 heterocycles. The molecule has 3 rings (SSSR count). The van der Waals surface area contributed by atoms with Crippen molar-refractivity contribution in [3.05, 3.63) is 63.8 Å². The number of rotatable bonds is 5. The molecule has 6 nitrogen and oxygen atoms in total. The molecule has 0 saturated carbocycles. The second kappa shape index (κ2) is 7.82. The zero-order valence-electron chi connectivity index (χ0n) is 14.1. The fourth-order valence-electron chi connectivity index (χ4n) is 2.55. The van der Waals surface area contributed by atoms with E-state index in [-0.39, 0.29) is 22.8 Å². The molecule has 0 aliphatic rings. The molecule has 138 valence electrons. The summed E-state index contributed by atoms with van der Waals surface area (Å²) in [5.41, 5.74) is 1.84. The van der Waals surface area contributed by atoms with Gasteiger partial charge in [0.1, 0.15) is 5.56 Å². The van der Waals surface area contributed by atoms with Gasteiger partial charge in [-0.1, -0.05) is 23.2 Å². The van der Waals surface area contributed by atoms with Crippen LogP contribution in [0.25, 0.3) is 10.9 Å². The number of aromatic nitrogens is 1. The van der Waals surface area contributed by atoms with E-state index in [1.807, 2.05) is 0 Å². The molecular formula is C19H14Cl2N2O4. The molecule has 0 aliphatic heterocycles. The number of ether oxygens (including phenoxy) is 1. The summed E-state index contributed by atoms with van der Waals surface area (Å²) in [5, 5.41) is 13.4. The van der Waals surface area contributed by atoms with Crippen LogP contribution in [0.3, 0.4) is 0 Å². The lowest BCUT2D eigenvalue weighted by Gasteiger charge is -2.15. The normalized spacial score (nSPS) is 10.6. The minimum atomic E-state index is -1.02. The fourth-order valence-corrected chi connectivity index (χ4v) is 2.91. The van der Waals surface area contributed by atoms with Crippen molar-refractivity contribution >= 4 is 57.4 Å². The summed E-state index contributed by atoms with van der Waals surface area (Å²) in [6.45, 7) is 1.92. The maximum Gasteiger partial charge on any atom is 0.341 e. The first-order chi connectivity index (χ1) is 12.9. The van der Waals surface area contributed by atoms with Gasteiger partial charge in [-0.3, -0.25) is 4.98 Å². The molecule has 0 fully saturated rings. The Morgan fingerprint density at radius 2 is 1.85 bits per heavy atom. The van der Waals surface area contributed by atoms with E-state index in [0.29, 0.717) is 27.3 Å². The number of benzene rings is 2. The van der Waals surface area contributed by atoms with Crippen LogP contribution in [0.1, 0.15) is 27.6 Å². The van der Waals surface area contributed by atoms with Crippen LogP contribution in [0.15, 0.2) is 42.6 Å². The van der Waals surface area contributed by atoms with Gasteiger partial charge >= 0.3 is 11.9 Å². The Bertz CT molecular complexity index is 1040. The molecule has 3 aromatic rings. The zero-order chi connectivity index (χ0) is 19.6. The summed E-state index contributed by atoms with van der Waals surface area (Å²) >= 11 is 12.3. The Labute approximate surface area is 164 Å². The number of anilines is 2. The first-order valence-electron chi connectivity index (χ1n) is 7.96. The number of pyridine rings is 1. The van der Waals surface area contributed by atoms with Gasteiger partial charge in [-0.05, 0) is 43.3 Å². The summed E-state index contributed by atoms with van der Waals surface area (Å²) in [6, 6.07) is 9.43. The van der Waals surface area contributed by atoms with E-state index >= 15 is 0 Å². The number of halogens is 2. The third-order valence-corrected chi connectivity index (χ3v) is 4.62. The number of carboxylic acids is 1. The molecule has 2 aromatic carbocycles. The van der Waals surface area contributed by atoms with Crippen molar-refractivity contribution in [3.63, 3.8) is 0 Å². The lowest BCUT2D eigenvalue weighted by Crippen LogP contribution is -2.09. The van der Waals surface area contributed by atoms with Gasteiger partial charge in [-0.2, -0.15) is 0 Å². The lowest BCUT2D eigenvalue weighted by atomic mass is 10.1. The molecule has 0 amide bonds. The lowest BCUT2D eigenvalue weighted by molar-refractivity contribution is 0.0526. The van der Waals surface area contributed by atoms with E-state index < -0.39 is 11.9 Å². The number of carboxylic acid groups (broad SMARTS) is 1. The number of hydrogen-bond donors (Lipinski definition) is 2. The van der Waals surface area contributed by atoms with Crippen molar-refractivity contribution in [2.45, 2.75) is 6.92 Å². The second-order valence-electron chi connectivity index (χ2n) is 5.53. The van der Waals surface area contributed by atoms with Crippen molar-refractivity contribution in [1.29, 1.82) is 0 Å². The third kappa shape index (κ3) is 3.82. The minimum Gasteiger partial charge on any atom is -0.478 e. The topological polar surface area (TPSA) is 88.5 Å². The largest absolute Gasteiger partial charge is 0.478 e. The van der Waals surface area contributed by atoms with E-state index in [1.54, 1.807) is 31.2 Å². The minimum absolute atomic E-state index is 0.153. The van der Waals surface area contributed by atoms with Crippen LogP contribution in [0, 0.1) is 0 Å². The maximum absolute atomic E-state index is 12.4. The zero-order valence-corrected chi connectivity index (χ0v) is 15.6. The predicted octanol–water partition coefficient (Wildman–Crippen LogP) is 5.16. The van der Waals surface area contributed by atoms with Gasteiger partial charge in [0.15, 0.2) is 0 Å². The standard InChI is InChI=1S/C19H14Cl2N2O4/c1-2-27-19(26)13-9-22-17-12(7-8-14(20)15(17)21)16(13)23-11-5-3-10(4-6-11)18(24)25/h3-9H,2H2,1H3,(H,22,23)(H,24,25). The van der Waals surface area contributed by atoms with Gasteiger partial charge in [0, 0.05) is 17.3 Å². The molecule has 8 heteroatoms. The van der Waals surface area contributed by atoms with Gasteiger partial charge in [-0.15, -0.1) is 0 Å². The van der Waals surface area contributed by atoms with Crippen molar-refractivity contribution in [2.24, 2.45) is 0 Å². The smallest absolute Gasteiger partial charge is 0.341 e. The molecule has 1 aromatic heterocycles. The molecule has 27 heavy (non-hydrogen) atoms. The van der Waals surface area contributed by atoms with Gasteiger partial charge in [-0.25, -0.2) is 9.59 Å².